The maximum atomic E-state index is 12.7. The minimum absolute atomic E-state index is 0.267. The molecule has 1 aromatic heterocycles. The monoisotopic (exact) mass is 326 g/mol. The Bertz CT molecular complexity index is 699. The molecule has 0 bridgehead atoms. The van der Waals surface area contributed by atoms with Crippen LogP contribution in [0, 0.1) is 6.92 Å². The van der Waals surface area contributed by atoms with Crippen LogP contribution >= 0.6 is 11.6 Å². The van der Waals surface area contributed by atoms with E-state index in [9.17, 15) is 8.42 Å². The molecule has 2 aromatic rings. The van der Waals surface area contributed by atoms with Crippen molar-refractivity contribution in [1.29, 1.82) is 0 Å². The second-order valence-corrected chi connectivity index (χ2v) is 7.13. The van der Waals surface area contributed by atoms with Gasteiger partial charge in [0.1, 0.15) is 4.90 Å². The van der Waals surface area contributed by atoms with Crippen molar-refractivity contribution in [2.45, 2.75) is 31.2 Å². The summed E-state index contributed by atoms with van der Waals surface area (Å²) < 4.78 is 28.5. The summed E-state index contributed by atoms with van der Waals surface area (Å²) in [6.07, 6.45) is 1.64. The fraction of sp³-hybridized carbons (Fsp3) is 0.333. The summed E-state index contributed by atoms with van der Waals surface area (Å²) >= 11 is 5.86. The van der Waals surface area contributed by atoms with Crippen LogP contribution in [0.2, 0.25) is 0 Å². The van der Waals surface area contributed by atoms with Crippen molar-refractivity contribution < 1.29 is 8.42 Å². The molecule has 0 N–H and O–H groups in total. The number of nitrogens with zero attached hydrogens (tertiary/aromatic N) is 2. The topological polar surface area (TPSA) is 42.3 Å². The van der Waals surface area contributed by atoms with Gasteiger partial charge in [-0.3, -0.25) is 4.31 Å². The molecule has 1 aromatic carbocycles. The zero-order valence-electron chi connectivity index (χ0n) is 12.4. The number of aryl methyl sites for hydroxylation is 2. The smallest absolute Gasteiger partial charge is 0.265 e. The van der Waals surface area contributed by atoms with Crippen LogP contribution in [0.4, 0.5) is 5.69 Å². The molecule has 0 aliphatic carbocycles. The molecule has 6 heteroatoms. The molecule has 1 heterocycles. The molecule has 0 saturated heterocycles. The molecular weight excluding hydrogens is 308 g/mol. The Morgan fingerprint density at radius 1 is 1.24 bits per heavy atom. The maximum absolute atomic E-state index is 12.7. The van der Waals surface area contributed by atoms with Gasteiger partial charge in [0.25, 0.3) is 10.0 Å². The highest BCUT2D eigenvalue weighted by Crippen LogP contribution is 2.24. The number of sulfonamides is 1. The van der Waals surface area contributed by atoms with E-state index in [0.29, 0.717) is 12.2 Å². The molecule has 0 saturated carbocycles. The minimum Gasteiger partial charge on any atom is -0.349 e. The number of alkyl halides is 1. The Kier molecular flexibility index (Phi) is 4.64. The summed E-state index contributed by atoms with van der Waals surface area (Å²) in [5, 5.41) is 0. The molecule has 0 atom stereocenters. The van der Waals surface area contributed by atoms with Gasteiger partial charge in [0, 0.05) is 25.5 Å². The second-order valence-electron chi connectivity index (χ2n) is 4.89. The SMILES string of the molecule is CCn1cc(S(=O)(=O)N(C)c2ccc(C)cc2)cc1CCl. The maximum Gasteiger partial charge on any atom is 0.265 e. The van der Waals surface area contributed by atoms with E-state index in [1.165, 1.54) is 4.31 Å². The van der Waals surface area contributed by atoms with Gasteiger partial charge in [0.05, 0.1) is 11.6 Å². The van der Waals surface area contributed by atoms with Crippen LogP contribution in [-0.4, -0.2) is 20.0 Å². The summed E-state index contributed by atoms with van der Waals surface area (Å²) in [6, 6.07) is 9.01. The number of hydrogen-bond donors (Lipinski definition) is 0. The molecule has 0 amide bonds. The Labute approximate surface area is 131 Å². The Balaban J connectivity index is 2.41. The van der Waals surface area contributed by atoms with E-state index >= 15 is 0 Å². The van der Waals surface area contributed by atoms with Crippen LogP contribution in [0.15, 0.2) is 41.4 Å². The van der Waals surface area contributed by atoms with Crippen LogP contribution in [-0.2, 0) is 22.4 Å². The van der Waals surface area contributed by atoms with Gasteiger partial charge in [0.2, 0.25) is 0 Å². The lowest BCUT2D eigenvalue weighted by atomic mass is 10.2. The number of rotatable bonds is 5. The van der Waals surface area contributed by atoms with Gasteiger partial charge in [-0.05, 0) is 32.0 Å². The molecule has 114 valence electrons. The molecular formula is C15H19ClN2O2S. The molecule has 21 heavy (non-hydrogen) atoms. The van der Waals surface area contributed by atoms with Crippen LogP contribution in [0.25, 0.3) is 0 Å². The summed E-state index contributed by atoms with van der Waals surface area (Å²) in [6.45, 7) is 4.61. The molecule has 0 spiro atoms. The second kappa shape index (κ2) is 6.12. The standard InChI is InChI=1S/C15H19ClN2O2S/c1-4-18-11-15(9-14(18)10-16)21(19,20)17(3)13-7-5-12(2)6-8-13/h5-9,11H,4,10H2,1-3H3. The lowest BCUT2D eigenvalue weighted by Crippen LogP contribution is -2.26. The molecule has 0 unspecified atom stereocenters. The van der Waals surface area contributed by atoms with E-state index in [2.05, 4.69) is 0 Å². The van der Waals surface area contributed by atoms with Crippen molar-refractivity contribution in [2.75, 3.05) is 11.4 Å². The van der Waals surface area contributed by atoms with Gasteiger partial charge in [-0.2, -0.15) is 0 Å². The summed E-state index contributed by atoms with van der Waals surface area (Å²) in [4.78, 5) is 0.267. The highest BCUT2D eigenvalue weighted by Gasteiger charge is 2.23. The van der Waals surface area contributed by atoms with Gasteiger partial charge in [-0.25, -0.2) is 8.42 Å². The van der Waals surface area contributed by atoms with E-state index in [-0.39, 0.29) is 10.8 Å². The van der Waals surface area contributed by atoms with E-state index in [0.717, 1.165) is 11.3 Å². The predicted octanol–water partition coefficient (Wildman–Crippen LogP) is 3.38. The highest BCUT2D eigenvalue weighted by molar-refractivity contribution is 7.92. The lowest BCUT2D eigenvalue weighted by Gasteiger charge is -2.18. The minimum atomic E-state index is -3.57. The quantitative estimate of drug-likeness (QED) is 0.790. The molecule has 4 nitrogen and oxygen atoms in total. The van der Waals surface area contributed by atoms with Crippen molar-refractivity contribution in [1.82, 2.24) is 4.57 Å². The number of benzene rings is 1. The lowest BCUT2D eigenvalue weighted by molar-refractivity contribution is 0.594. The first kappa shape index (κ1) is 15.9. The third-order valence-corrected chi connectivity index (χ3v) is 5.52. The number of hydrogen-bond acceptors (Lipinski definition) is 2. The zero-order chi connectivity index (χ0) is 15.6. The van der Waals surface area contributed by atoms with Crippen molar-refractivity contribution in [3.05, 3.63) is 47.8 Å². The van der Waals surface area contributed by atoms with Crippen molar-refractivity contribution in [2.24, 2.45) is 0 Å². The van der Waals surface area contributed by atoms with Crippen LogP contribution in [0.5, 0.6) is 0 Å². The molecule has 0 aliphatic heterocycles. The first-order chi connectivity index (χ1) is 9.90. The third-order valence-electron chi connectivity index (χ3n) is 3.49. The van der Waals surface area contributed by atoms with E-state index in [1.54, 1.807) is 31.4 Å². The largest absolute Gasteiger partial charge is 0.349 e. The zero-order valence-corrected chi connectivity index (χ0v) is 13.9. The molecule has 0 aliphatic rings. The van der Waals surface area contributed by atoms with Crippen molar-refractivity contribution in [3.63, 3.8) is 0 Å². The first-order valence-electron chi connectivity index (χ1n) is 6.70. The van der Waals surface area contributed by atoms with Crippen LogP contribution < -0.4 is 4.31 Å². The van der Waals surface area contributed by atoms with Gasteiger partial charge >= 0.3 is 0 Å². The number of anilines is 1. The molecule has 0 fully saturated rings. The van der Waals surface area contributed by atoms with Crippen LogP contribution in [0.3, 0.4) is 0 Å². The summed E-state index contributed by atoms with van der Waals surface area (Å²) in [7, 11) is -2.01. The predicted molar refractivity (Wildman–Crippen MR) is 86.4 cm³/mol. The normalized spacial score (nSPS) is 11.6. The third kappa shape index (κ3) is 3.09. The first-order valence-corrected chi connectivity index (χ1v) is 8.68. The van der Waals surface area contributed by atoms with Crippen molar-refractivity contribution in [3.8, 4) is 0 Å². The summed E-state index contributed by atoms with van der Waals surface area (Å²) in [5.41, 5.74) is 2.53. The van der Waals surface area contributed by atoms with Gasteiger partial charge in [0.15, 0.2) is 0 Å². The van der Waals surface area contributed by atoms with E-state index in [4.69, 9.17) is 11.6 Å². The number of halogens is 1. The van der Waals surface area contributed by atoms with Gasteiger partial charge in [-0.1, -0.05) is 17.7 Å². The molecule has 0 radical (unpaired) electrons. The molecule has 2 rings (SSSR count). The highest BCUT2D eigenvalue weighted by atomic mass is 35.5. The fourth-order valence-corrected chi connectivity index (χ4v) is 3.61. The number of aromatic nitrogens is 1. The Morgan fingerprint density at radius 2 is 1.86 bits per heavy atom. The average molecular weight is 327 g/mol. The summed E-state index contributed by atoms with van der Waals surface area (Å²) in [5.74, 6) is 0.289. The van der Waals surface area contributed by atoms with Crippen molar-refractivity contribution >= 4 is 27.3 Å². The Morgan fingerprint density at radius 3 is 2.33 bits per heavy atom. The van der Waals surface area contributed by atoms with Crippen LogP contribution in [0.1, 0.15) is 18.2 Å². The van der Waals surface area contributed by atoms with Gasteiger partial charge < -0.3 is 4.57 Å². The Hall–Kier alpha value is -1.46. The van der Waals surface area contributed by atoms with Gasteiger partial charge in [-0.15, -0.1) is 11.6 Å². The van der Waals surface area contributed by atoms with E-state index in [1.807, 2.05) is 30.5 Å². The van der Waals surface area contributed by atoms with E-state index < -0.39 is 10.0 Å². The average Bonchev–Trinajstić information content (AvgIpc) is 2.91. The fourth-order valence-electron chi connectivity index (χ4n) is 2.12.